The summed E-state index contributed by atoms with van der Waals surface area (Å²) < 4.78 is 11.6. The molecule has 2 heterocycles. The number of rotatable bonds is 11. The Kier molecular flexibility index (Phi) is 7.73. The predicted molar refractivity (Wildman–Crippen MR) is 103 cm³/mol. The van der Waals surface area contributed by atoms with Crippen molar-refractivity contribution < 1.29 is 38.6 Å². The molecule has 2 aliphatic heterocycles. The molecule has 0 spiro atoms. The molecule has 0 aliphatic carbocycles. The van der Waals surface area contributed by atoms with Crippen LogP contribution in [0.5, 0.6) is 0 Å². The lowest BCUT2D eigenvalue weighted by atomic mass is 10.1. The van der Waals surface area contributed by atoms with Gasteiger partial charge in [0.2, 0.25) is 0 Å². The van der Waals surface area contributed by atoms with Crippen LogP contribution < -0.4 is 0 Å². The molecular formula is C20H30N2O8. The summed E-state index contributed by atoms with van der Waals surface area (Å²) in [5.74, 6) is -1.79. The first-order valence-corrected chi connectivity index (χ1v) is 9.93. The Labute approximate surface area is 175 Å². The first-order chi connectivity index (χ1) is 13.9. The molecule has 2 rings (SSSR count). The summed E-state index contributed by atoms with van der Waals surface area (Å²) in [6.07, 6.45) is 2.20. The van der Waals surface area contributed by atoms with Crippen molar-refractivity contribution in [2.45, 2.75) is 70.8 Å². The predicted octanol–water partition coefficient (Wildman–Crippen LogP) is 0.681. The van der Waals surface area contributed by atoms with Gasteiger partial charge in [0.05, 0.1) is 37.4 Å². The Hall–Kier alpha value is -2.30. The van der Waals surface area contributed by atoms with Gasteiger partial charge in [0.1, 0.15) is 0 Å². The second kappa shape index (κ2) is 9.67. The van der Waals surface area contributed by atoms with Crippen LogP contribution in [0, 0.1) is 0 Å². The van der Waals surface area contributed by atoms with Gasteiger partial charge in [-0.05, 0) is 34.1 Å². The maximum Gasteiger partial charge on any atom is 0.334 e. The number of carbonyl (C=O) groups is 4. The highest BCUT2D eigenvalue weighted by molar-refractivity contribution is 6.12. The summed E-state index contributed by atoms with van der Waals surface area (Å²) in [7, 11) is 0. The molecule has 1 fully saturated rings. The van der Waals surface area contributed by atoms with E-state index in [2.05, 4.69) is 0 Å². The lowest BCUT2D eigenvalue weighted by Gasteiger charge is -2.31. The molecule has 0 aromatic rings. The van der Waals surface area contributed by atoms with Crippen LogP contribution in [0.15, 0.2) is 12.2 Å². The van der Waals surface area contributed by atoms with Gasteiger partial charge < -0.3 is 19.4 Å². The normalized spacial score (nSPS) is 19.9. The smallest absolute Gasteiger partial charge is 0.334 e. The summed E-state index contributed by atoms with van der Waals surface area (Å²) >= 11 is 0. The maximum atomic E-state index is 11.8. The van der Waals surface area contributed by atoms with Crippen molar-refractivity contribution >= 4 is 23.7 Å². The number of hydrogen-bond acceptors (Lipinski definition) is 8. The van der Waals surface area contributed by atoms with Gasteiger partial charge >= 0.3 is 5.97 Å². The fourth-order valence-corrected chi connectivity index (χ4v) is 2.98. The van der Waals surface area contributed by atoms with E-state index in [1.807, 2.05) is 13.8 Å². The molecule has 3 amide bonds. The van der Waals surface area contributed by atoms with Crippen LogP contribution >= 0.6 is 0 Å². The van der Waals surface area contributed by atoms with Gasteiger partial charge in [-0.3, -0.25) is 19.3 Å². The Bertz CT molecular complexity index is 698. The first kappa shape index (κ1) is 24.0. The molecule has 0 bridgehead atoms. The topological polar surface area (TPSA) is 123 Å². The van der Waals surface area contributed by atoms with Gasteiger partial charge in [-0.2, -0.15) is 0 Å². The van der Waals surface area contributed by atoms with E-state index < -0.39 is 29.3 Å². The Morgan fingerprint density at radius 1 is 1.07 bits per heavy atom. The Morgan fingerprint density at radius 3 is 2.23 bits per heavy atom. The van der Waals surface area contributed by atoms with Crippen LogP contribution in [0.1, 0.15) is 53.4 Å². The number of hydrogen-bond donors (Lipinski definition) is 1. The lowest BCUT2D eigenvalue weighted by Crippen LogP contribution is -2.44. The number of carbonyl (C=O) groups excluding carboxylic acids is 4. The van der Waals surface area contributed by atoms with Crippen molar-refractivity contribution in [2.24, 2.45) is 0 Å². The minimum Gasteiger partial charge on any atom is -0.375 e. The molecule has 10 nitrogen and oxygen atoms in total. The minimum absolute atomic E-state index is 0.0710. The molecule has 1 saturated heterocycles. The third-order valence-electron chi connectivity index (χ3n) is 4.77. The van der Waals surface area contributed by atoms with Crippen LogP contribution in [0.4, 0.5) is 0 Å². The van der Waals surface area contributed by atoms with Crippen molar-refractivity contribution in [2.75, 3.05) is 19.8 Å². The molecule has 30 heavy (non-hydrogen) atoms. The SMILES string of the molecule is CC(C)(CCOC(C)(C)CN1C(=O)C=CC1=O)OCCC(=O)ON1C(=O)CCC1O. The molecule has 1 unspecified atom stereocenters. The van der Waals surface area contributed by atoms with Crippen molar-refractivity contribution in [3.8, 4) is 0 Å². The van der Waals surface area contributed by atoms with Crippen molar-refractivity contribution in [3.05, 3.63) is 12.2 Å². The minimum atomic E-state index is -1.10. The number of aliphatic hydroxyl groups excluding tert-OH is 1. The van der Waals surface area contributed by atoms with E-state index in [0.29, 0.717) is 18.1 Å². The van der Waals surface area contributed by atoms with E-state index in [-0.39, 0.29) is 44.2 Å². The highest BCUT2D eigenvalue weighted by Crippen LogP contribution is 2.20. The standard InChI is InChI=1S/C20H30N2O8/c1-19(2,28-11-9-18(27)30-22-16(25)7-8-17(22)26)10-12-29-20(3,4)13-21-14(23)5-6-15(21)24/h5-6,16,25H,7-13H2,1-4H3. The van der Waals surface area contributed by atoms with Crippen LogP contribution in [0.2, 0.25) is 0 Å². The number of aliphatic hydroxyl groups is 1. The van der Waals surface area contributed by atoms with Crippen LogP contribution in [0.3, 0.4) is 0 Å². The van der Waals surface area contributed by atoms with Gasteiger partial charge in [-0.25, -0.2) is 4.79 Å². The molecule has 0 aromatic heterocycles. The van der Waals surface area contributed by atoms with Gasteiger partial charge in [-0.1, -0.05) is 0 Å². The number of ether oxygens (including phenoxy) is 2. The summed E-state index contributed by atoms with van der Waals surface area (Å²) in [6.45, 7) is 7.83. The third-order valence-corrected chi connectivity index (χ3v) is 4.77. The Morgan fingerprint density at radius 2 is 1.67 bits per heavy atom. The van der Waals surface area contributed by atoms with Crippen molar-refractivity contribution in [1.29, 1.82) is 0 Å². The largest absolute Gasteiger partial charge is 0.375 e. The third kappa shape index (κ3) is 6.89. The molecule has 0 saturated carbocycles. The van der Waals surface area contributed by atoms with Gasteiger partial charge in [0, 0.05) is 25.0 Å². The second-order valence-electron chi connectivity index (χ2n) is 8.51. The van der Waals surface area contributed by atoms with Crippen LogP contribution in [0.25, 0.3) is 0 Å². The Balaban J connectivity index is 1.67. The number of nitrogens with zero attached hydrogens (tertiary/aromatic N) is 2. The molecule has 1 atom stereocenters. The summed E-state index contributed by atoms with van der Waals surface area (Å²) in [6, 6.07) is 0. The summed E-state index contributed by atoms with van der Waals surface area (Å²) in [5, 5.41) is 10.3. The van der Waals surface area contributed by atoms with E-state index in [4.69, 9.17) is 14.3 Å². The average Bonchev–Trinajstić information content (AvgIpc) is 3.11. The first-order valence-electron chi connectivity index (χ1n) is 9.93. The number of amides is 3. The fourth-order valence-electron chi connectivity index (χ4n) is 2.98. The molecule has 0 aromatic carbocycles. The van der Waals surface area contributed by atoms with E-state index >= 15 is 0 Å². The second-order valence-corrected chi connectivity index (χ2v) is 8.51. The van der Waals surface area contributed by atoms with E-state index in [9.17, 15) is 24.3 Å². The molecule has 2 aliphatic rings. The zero-order valence-electron chi connectivity index (χ0n) is 17.9. The van der Waals surface area contributed by atoms with E-state index in [0.717, 1.165) is 4.90 Å². The zero-order valence-corrected chi connectivity index (χ0v) is 17.9. The molecule has 1 N–H and O–H groups in total. The highest BCUT2D eigenvalue weighted by atomic mass is 16.7. The average molecular weight is 426 g/mol. The van der Waals surface area contributed by atoms with E-state index in [1.165, 1.54) is 12.2 Å². The maximum absolute atomic E-state index is 11.8. The molecule has 10 heteroatoms. The molecule has 168 valence electrons. The van der Waals surface area contributed by atoms with Crippen molar-refractivity contribution in [3.63, 3.8) is 0 Å². The number of hydroxylamine groups is 2. The molecular weight excluding hydrogens is 396 g/mol. The monoisotopic (exact) mass is 426 g/mol. The summed E-state index contributed by atoms with van der Waals surface area (Å²) in [5.41, 5.74) is -1.32. The fraction of sp³-hybridized carbons (Fsp3) is 0.700. The van der Waals surface area contributed by atoms with Gasteiger partial charge in [-0.15, -0.1) is 5.06 Å². The van der Waals surface area contributed by atoms with E-state index in [1.54, 1.807) is 13.8 Å². The van der Waals surface area contributed by atoms with Crippen LogP contribution in [-0.2, 0) is 33.5 Å². The highest BCUT2D eigenvalue weighted by Gasteiger charge is 2.33. The lowest BCUT2D eigenvalue weighted by molar-refractivity contribution is -0.221. The van der Waals surface area contributed by atoms with Gasteiger partial charge in [0.15, 0.2) is 6.23 Å². The zero-order chi connectivity index (χ0) is 22.5. The van der Waals surface area contributed by atoms with Gasteiger partial charge in [0.25, 0.3) is 17.7 Å². The van der Waals surface area contributed by atoms with Crippen molar-refractivity contribution in [1.82, 2.24) is 9.96 Å². The number of imide groups is 1. The quantitative estimate of drug-likeness (QED) is 0.479. The summed E-state index contributed by atoms with van der Waals surface area (Å²) in [4.78, 5) is 52.7. The van der Waals surface area contributed by atoms with Crippen LogP contribution in [-0.4, -0.2) is 75.9 Å². The molecule has 0 radical (unpaired) electrons.